The maximum Gasteiger partial charge on any atom is 0.241 e. The van der Waals surface area contributed by atoms with Gasteiger partial charge in [-0.05, 0) is 38.0 Å². The molecule has 0 aromatic rings. The number of piperidine rings is 2. The van der Waals surface area contributed by atoms with E-state index in [0.29, 0.717) is 6.54 Å². The largest absolute Gasteiger partial charge is 0.347 e. The molecular weight excluding hydrogens is 379 g/mol. The van der Waals surface area contributed by atoms with E-state index >= 15 is 0 Å². The van der Waals surface area contributed by atoms with Crippen molar-refractivity contribution in [3.05, 3.63) is 0 Å². The summed E-state index contributed by atoms with van der Waals surface area (Å²) in [6.45, 7) is 6.59. The number of hydrogen-bond donors (Lipinski definition) is 1. The molecule has 1 N–H and O–H groups in total. The zero-order valence-corrected chi connectivity index (χ0v) is 15.6. The van der Waals surface area contributed by atoms with E-state index in [-0.39, 0.29) is 29.9 Å². The van der Waals surface area contributed by atoms with Crippen molar-refractivity contribution in [3.8, 4) is 0 Å². The van der Waals surface area contributed by atoms with Crippen molar-refractivity contribution in [2.45, 2.75) is 39.0 Å². The van der Waals surface area contributed by atoms with E-state index in [1.54, 1.807) is 7.05 Å². The second kappa shape index (κ2) is 9.48. The van der Waals surface area contributed by atoms with E-state index in [9.17, 15) is 4.79 Å². The van der Waals surface area contributed by atoms with Crippen molar-refractivity contribution in [2.75, 3.05) is 39.8 Å². The zero-order chi connectivity index (χ0) is 14.4. The molecule has 5 nitrogen and oxygen atoms in total. The van der Waals surface area contributed by atoms with Gasteiger partial charge in [0.25, 0.3) is 0 Å². The molecule has 2 aliphatic rings. The molecule has 0 radical (unpaired) electrons. The van der Waals surface area contributed by atoms with Crippen molar-refractivity contribution < 1.29 is 4.79 Å². The molecule has 122 valence electrons. The number of amides is 1. The second-order valence-corrected chi connectivity index (χ2v) is 6.01. The average molecular weight is 408 g/mol. The van der Waals surface area contributed by atoms with Gasteiger partial charge in [0.2, 0.25) is 5.91 Å². The fourth-order valence-electron chi connectivity index (χ4n) is 2.96. The van der Waals surface area contributed by atoms with Crippen LogP contribution in [0.4, 0.5) is 0 Å². The smallest absolute Gasteiger partial charge is 0.241 e. The van der Waals surface area contributed by atoms with Gasteiger partial charge >= 0.3 is 0 Å². The lowest BCUT2D eigenvalue weighted by molar-refractivity contribution is -0.130. The molecule has 2 saturated heterocycles. The van der Waals surface area contributed by atoms with Crippen molar-refractivity contribution >= 4 is 35.8 Å². The van der Waals surface area contributed by atoms with E-state index in [2.05, 4.69) is 22.1 Å². The van der Waals surface area contributed by atoms with Crippen LogP contribution < -0.4 is 5.32 Å². The summed E-state index contributed by atoms with van der Waals surface area (Å²) in [7, 11) is 1.80. The molecule has 0 aliphatic carbocycles. The number of halogens is 1. The van der Waals surface area contributed by atoms with Crippen LogP contribution in [-0.4, -0.2) is 61.4 Å². The van der Waals surface area contributed by atoms with E-state index in [4.69, 9.17) is 0 Å². The third-order valence-electron chi connectivity index (χ3n) is 4.40. The van der Waals surface area contributed by atoms with Crippen molar-refractivity contribution in [1.29, 1.82) is 0 Å². The number of hydrogen-bond acceptors (Lipinski definition) is 2. The van der Waals surface area contributed by atoms with Crippen LogP contribution in [0.5, 0.6) is 0 Å². The number of rotatable bonds is 2. The van der Waals surface area contributed by atoms with Crippen LogP contribution in [0.2, 0.25) is 0 Å². The lowest BCUT2D eigenvalue weighted by Crippen LogP contribution is -2.49. The maximum atomic E-state index is 12.1. The number of nitrogens with zero attached hydrogens (tertiary/aromatic N) is 3. The first-order valence-electron chi connectivity index (χ1n) is 7.94. The number of guanidine groups is 1. The normalized spacial score (nSPS) is 21.0. The molecule has 0 unspecified atom stereocenters. The Kier molecular flexibility index (Phi) is 8.36. The monoisotopic (exact) mass is 408 g/mol. The Morgan fingerprint density at radius 2 is 1.71 bits per heavy atom. The Bertz CT molecular complexity index is 348. The number of nitrogens with one attached hydrogen (secondary N) is 1. The summed E-state index contributed by atoms with van der Waals surface area (Å²) < 4.78 is 0. The minimum absolute atomic E-state index is 0. The van der Waals surface area contributed by atoms with Crippen LogP contribution >= 0.6 is 24.0 Å². The van der Waals surface area contributed by atoms with Crippen molar-refractivity contribution in [2.24, 2.45) is 10.9 Å². The SMILES string of the molecule is CN=C(NCC(=O)N1CCCCC1)N1CCC(C)CC1.I. The van der Waals surface area contributed by atoms with Gasteiger partial charge in [-0.1, -0.05) is 6.92 Å². The minimum Gasteiger partial charge on any atom is -0.347 e. The summed E-state index contributed by atoms with van der Waals surface area (Å²) in [6.07, 6.45) is 5.96. The Morgan fingerprint density at radius 3 is 2.29 bits per heavy atom. The quantitative estimate of drug-likeness (QED) is 0.432. The van der Waals surface area contributed by atoms with Gasteiger partial charge in [-0.2, -0.15) is 0 Å². The van der Waals surface area contributed by atoms with Gasteiger partial charge in [0.15, 0.2) is 5.96 Å². The molecule has 0 aromatic carbocycles. The summed E-state index contributed by atoms with van der Waals surface area (Å²) in [5.41, 5.74) is 0. The first-order valence-corrected chi connectivity index (χ1v) is 7.94. The second-order valence-electron chi connectivity index (χ2n) is 6.01. The number of carbonyl (C=O) groups excluding carboxylic acids is 1. The Hall–Kier alpha value is -0.530. The highest BCUT2D eigenvalue weighted by Crippen LogP contribution is 2.15. The first-order chi connectivity index (χ1) is 9.70. The highest BCUT2D eigenvalue weighted by atomic mass is 127. The van der Waals surface area contributed by atoms with Crippen LogP contribution in [-0.2, 0) is 4.79 Å². The summed E-state index contributed by atoms with van der Waals surface area (Å²) in [4.78, 5) is 20.7. The van der Waals surface area contributed by atoms with Crippen LogP contribution in [0.25, 0.3) is 0 Å². The third-order valence-corrected chi connectivity index (χ3v) is 4.40. The van der Waals surface area contributed by atoms with Gasteiger partial charge in [-0.3, -0.25) is 9.79 Å². The van der Waals surface area contributed by atoms with E-state index < -0.39 is 0 Å². The zero-order valence-electron chi connectivity index (χ0n) is 13.3. The molecule has 2 rings (SSSR count). The molecule has 2 fully saturated rings. The molecule has 0 aromatic heterocycles. The fourth-order valence-corrected chi connectivity index (χ4v) is 2.96. The van der Waals surface area contributed by atoms with Crippen LogP contribution in [0.1, 0.15) is 39.0 Å². The van der Waals surface area contributed by atoms with Gasteiger partial charge in [0, 0.05) is 33.2 Å². The maximum absolute atomic E-state index is 12.1. The predicted octanol–water partition coefficient (Wildman–Crippen LogP) is 1.92. The molecule has 6 heteroatoms. The van der Waals surface area contributed by atoms with Crippen LogP contribution in [0, 0.1) is 5.92 Å². The minimum atomic E-state index is 0. The molecule has 0 spiro atoms. The molecule has 2 heterocycles. The van der Waals surface area contributed by atoms with E-state index in [1.807, 2.05) is 4.90 Å². The topological polar surface area (TPSA) is 47.9 Å². The highest BCUT2D eigenvalue weighted by Gasteiger charge is 2.20. The Balaban J connectivity index is 0.00000220. The lowest BCUT2D eigenvalue weighted by Gasteiger charge is -2.33. The van der Waals surface area contributed by atoms with Gasteiger partial charge in [-0.15, -0.1) is 24.0 Å². The van der Waals surface area contributed by atoms with Gasteiger partial charge in [-0.25, -0.2) is 0 Å². The van der Waals surface area contributed by atoms with E-state index in [0.717, 1.165) is 50.9 Å². The number of carbonyl (C=O) groups is 1. The summed E-state index contributed by atoms with van der Waals surface area (Å²) >= 11 is 0. The van der Waals surface area contributed by atoms with E-state index in [1.165, 1.54) is 19.3 Å². The van der Waals surface area contributed by atoms with Crippen LogP contribution in [0.3, 0.4) is 0 Å². The molecule has 0 bridgehead atoms. The summed E-state index contributed by atoms with van der Waals surface area (Å²) in [6, 6.07) is 0. The predicted molar refractivity (Wildman–Crippen MR) is 97.2 cm³/mol. The van der Waals surface area contributed by atoms with Gasteiger partial charge in [0.05, 0.1) is 6.54 Å². The number of likely N-dealkylation sites (tertiary alicyclic amines) is 2. The Labute approximate surface area is 145 Å². The molecule has 2 aliphatic heterocycles. The van der Waals surface area contributed by atoms with Crippen LogP contribution in [0.15, 0.2) is 4.99 Å². The highest BCUT2D eigenvalue weighted by molar-refractivity contribution is 14.0. The first kappa shape index (κ1) is 18.5. The molecule has 1 amide bonds. The fraction of sp³-hybridized carbons (Fsp3) is 0.867. The summed E-state index contributed by atoms with van der Waals surface area (Å²) in [5, 5.41) is 3.24. The lowest BCUT2D eigenvalue weighted by atomic mass is 10.00. The molecule has 0 atom stereocenters. The molecule has 21 heavy (non-hydrogen) atoms. The summed E-state index contributed by atoms with van der Waals surface area (Å²) in [5.74, 6) is 1.89. The van der Waals surface area contributed by atoms with Crippen molar-refractivity contribution in [3.63, 3.8) is 0 Å². The molecular formula is C15H29IN4O. The van der Waals surface area contributed by atoms with Gasteiger partial charge < -0.3 is 15.1 Å². The number of aliphatic imine (C=N–C) groups is 1. The molecule has 0 saturated carbocycles. The Morgan fingerprint density at radius 1 is 1.10 bits per heavy atom. The van der Waals surface area contributed by atoms with Gasteiger partial charge in [0.1, 0.15) is 0 Å². The standard InChI is InChI=1S/C15H28N4O.HI/c1-13-6-10-19(11-7-13)15(16-2)17-12-14(20)18-8-4-3-5-9-18;/h13H,3-12H2,1-2H3,(H,16,17);1H. The third kappa shape index (κ3) is 5.64. The average Bonchev–Trinajstić information content (AvgIpc) is 2.50. The van der Waals surface area contributed by atoms with Crippen molar-refractivity contribution in [1.82, 2.24) is 15.1 Å².